The second kappa shape index (κ2) is 6.40. The van der Waals surface area contributed by atoms with E-state index in [1.807, 2.05) is 42.5 Å². The van der Waals surface area contributed by atoms with Gasteiger partial charge in [0.1, 0.15) is 0 Å². The van der Waals surface area contributed by atoms with Crippen LogP contribution in [0.1, 0.15) is 23.7 Å². The van der Waals surface area contributed by atoms with Gasteiger partial charge in [-0.05, 0) is 18.1 Å². The zero-order chi connectivity index (χ0) is 17.1. The highest BCUT2D eigenvalue weighted by Gasteiger charge is 2.34. The molecule has 0 N–H and O–H groups in total. The molecule has 3 aromatic carbocycles. The van der Waals surface area contributed by atoms with Crippen molar-refractivity contribution < 1.29 is 4.52 Å². The smallest absolute Gasteiger partial charge is 0.167 e. The van der Waals surface area contributed by atoms with E-state index >= 15 is 0 Å². The molecule has 0 fully saturated rings. The van der Waals surface area contributed by atoms with Gasteiger partial charge in [0, 0.05) is 11.6 Å². The summed E-state index contributed by atoms with van der Waals surface area (Å²) < 4.78 is 5.69. The third-order valence-corrected chi connectivity index (χ3v) is 4.78. The summed E-state index contributed by atoms with van der Waals surface area (Å²) in [4.78, 5) is 0. The fourth-order valence-electron chi connectivity index (χ4n) is 3.25. The lowest BCUT2D eigenvalue weighted by molar-refractivity contribution is 0.412. The van der Waals surface area contributed by atoms with Gasteiger partial charge in [0.2, 0.25) is 0 Å². The highest BCUT2D eigenvalue weighted by Crippen LogP contribution is 2.39. The number of rotatable bonds is 4. The molecule has 0 atom stereocenters. The van der Waals surface area contributed by atoms with E-state index in [0.29, 0.717) is 0 Å². The zero-order valence-electron chi connectivity index (χ0n) is 14.1. The molecule has 4 rings (SSSR count). The normalized spacial score (nSPS) is 11.4. The van der Waals surface area contributed by atoms with Gasteiger partial charge < -0.3 is 4.52 Å². The van der Waals surface area contributed by atoms with Crippen LogP contribution in [0.5, 0.6) is 0 Å². The summed E-state index contributed by atoms with van der Waals surface area (Å²) >= 11 is 0. The maximum absolute atomic E-state index is 5.69. The Morgan fingerprint density at radius 2 is 1.16 bits per heavy atom. The van der Waals surface area contributed by atoms with Crippen LogP contribution in [0.2, 0.25) is 0 Å². The predicted octanol–water partition coefficient (Wildman–Crippen LogP) is 5.70. The van der Waals surface area contributed by atoms with E-state index in [9.17, 15) is 0 Å². The Morgan fingerprint density at radius 1 is 0.680 bits per heavy atom. The average Bonchev–Trinajstić information content (AvgIpc) is 3.20. The van der Waals surface area contributed by atoms with Gasteiger partial charge in [-0.1, -0.05) is 96.2 Å². The van der Waals surface area contributed by atoms with Gasteiger partial charge >= 0.3 is 0 Å². The minimum atomic E-state index is -0.376. The molecule has 2 heteroatoms. The lowest BCUT2D eigenvalue weighted by atomic mass is 9.73. The summed E-state index contributed by atoms with van der Waals surface area (Å²) in [5.41, 5.74) is 3.94. The number of aromatic nitrogens is 1. The van der Waals surface area contributed by atoms with E-state index < -0.39 is 0 Å². The number of hydrogen-bond donors (Lipinski definition) is 0. The lowest BCUT2D eigenvalue weighted by Gasteiger charge is -2.28. The quantitative estimate of drug-likeness (QED) is 0.481. The van der Waals surface area contributed by atoms with E-state index in [2.05, 4.69) is 66.7 Å². The van der Waals surface area contributed by atoms with Crippen molar-refractivity contribution in [3.63, 3.8) is 0 Å². The molecule has 122 valence electrons. The van der Waals surface area contributed by atoms with Gasteiger partial charge in [0.05, 0.1) is 11.1 Å². The largest absolute Gasteiger partial charge is 0.356 e. The summed E-state index contributed by atoms with van der Waals surface area (Å²) in [6.07, 6.45) is 0. The van der Waals surface area contributed by atoms with Gasteiger partial charge in [-0.3, -0.25) is 0 Å². The molecule has 1 heterocycles. The van der Waals surface area contributed by atoms with Crippen molar-refractivity contribution in [2.24, 2.45) is 0 Å². The highest BCUT2D eigenvalue weighted by atomic mass is 16.5. The minimum absolute atomic E-state index is 0.376. The second-order valence-corrected chi connectivity index (χ2v) is 6.30. The van der Waals surface area contributed by atoms with E-state index in [1.54, 1.807) is 0 Å². The van der Waals surface area contributed by atoms with Crippen LogP contribution in [0.3, 0.4) is 0 Å². The molecule has 4 aromatic rings. The first-order valence-corrected chi connectivity index (χ1v) is 8.42. The Labute approximate surface area is 147 Å². The van der Waals surface area contributed by atoms with Gasteiger partial charge in [-0.2, -0.15) is 0 Å². The van der Waals surface area contributed by atoms with Crippen LogP contribution in [-0.4, -0.2) is 5.16 Å². The van der Waals surface area contributed by atoms with Gasteiger partial charge in [-0.15, -0.1) is 0 Å². The fourth-order valence-corrected chi connectivity index (χ4v) is 3.25. The van der Waals surface area contributed by atoms with Crippen molar-refractivity contribution in [3.8, 4) is 11.3 Å². The topological polar surface area (TPSA) is 26.0 Å². The van der Waals surface area contributed by atoms with Crippen LogP contribution >= 0.6 is 0 Å². The molecule has 25 heavy (non-hydrogen) atoms. The maximum Gasteiger partial charge on any atom is 0.167 e. The van der Waals surface area contributed by atoms with Crippen LogP contribution in [0.4, 0.5) is 0 Å². The molecule has 0 aliphatic carbocycles. The summed E-state index contributed by atoms with van der Waals surface area (Å²) in [5.74, 6) is 0.786. The molecular weight excluding hydrogens is 306 g/mol. The molecule has 0 unspecified atom stereocenters. The van der Waals surface area contributed by atoms with E-state index in [1.165, 1.54) is 11.1 Å². The van der Waals surface area contributed by atoms with Crippen molar-refractivity contribution in [2.75, 3.05) is 0 Å². The minimum Gasteiger partial charge on any atom is -0.356 e. The maximum atomic E-state index is 5.69. The van der Waals surface area contributed by atoms with Crippen LogP contribution in [-0.2, 0) is 5.41 Å². The number of benzene rings is 3. The molecule has 0 saturated carbocycles. The van der Waals surface area contributed by atoms with E-state index in [-0.39, 0.29) is 5.41 Å². The van der Waals surface area contributed by atoms with Crippen molar-refractivity contribution in [2.45, 2.75) is 12.3 Å². The Balaban J connectivity index is 1.87. The Hall–Kier alpha value is -3.13. The van der Waals surface area contributed by atoms with Crippen LogP contribution in [0.15, 0.2) is 102 Å². The monoisotopic (exact) mass is 325 g/mol. The van der Waals surface area contributed by atoms with Crippen molar-refractivity contribution >= 4 is 0 Å². The molecule has 0 aliphatic rings. The summed E-state index contributed by atoms with van der Waals surface area (Å²) in [6.45, 7) is 2.20. The van der Waals surface area contributed by atoms with Crippen molar-refractivity contribution in [1.82, 2.24) is 5.16 Å². The molecule has 0 spiro atoms. The van der Waals surface area contributed by atoms with E-state index in [0.717, 1.165) is 17.0 Å². The SMILES string of the molecule is CC(c1ccccc1)(c1ccccc1)c1cc(-c2ccccc2)on1. The Morgan fingerprint density at radius 3 is 1.68 bits per heavy atom. The first-order chi connectivity index (χ1) is 12.3. The zero-order valence-corrected chi connectivity index (χ0v) is 14.1. The van der Waals surface area contributed by atoms with Crippen LogP contribution in [0.25, 0.3) is 11.3 Å². The predicted molar refractivity (Wildman–Crippen MR) is 100 cm³/mol. The lowest BCUT2D eigenvalue weighted by Crippen LogP contribution is -2.25. The molecule has 0 amide bonds. The van der Waals surface area contributed by atoms with E-state index in [4.69, 9.17) is 4.52 Å². The molecule has 2 nitrogen and oxygen atoms in total. The molecule has 0 aliphatic heterocycles. The van der Waals surface area contributed by atoms with Gasteiger partial charge in [0.15, 0.2) is 5.76 Å². The summed E-state index contributed by atoms with van der Waals surface area (Å²) in [5, 5.41) is 4.44. The number of hydrogen-bond acceptors (Lipinski definition) is 2. The molecule has 0 radical (unpaired) electrons. The highest BCUT2D eigenvalue weighted by molar-refractivity contribution is 5.59. The Bertz CT molecular complexity index is 904. The third-order valence-electron chi connectivity index (χ3n) is 4.78. The van der Waals surface area contributed by atoms with Gasteiger partial charge in [-0.25, -0.2) is 0 Å². The third kappa shape index (κ3) is 2.76. The second-order valence-electron chi connectivity index (χ2n) is 6.30. The van der Waals surface area contributed by atoms with Crippen LogP contribution in [0, 0.1) is 0 Å². The number of nitrogens with zero attached hydrogens (tertiary/aromatic N) is 1. The fraction of sp³-hybridized carbons (Fsp3) is 0.0870. The summed E-state index contributed by atoms with van der Waals surface area (Å²) in [6, 6.07) is 33.0. The average molecular weight is 325 g/mol. The van der Waals surface area contributed by atoms with Crippen molar-refractivity contribution in [1.29, 1.82) is 0 Å². The first kappa shape index (κ1) is 15.4. The first-order valence-electron chi connectivity index (χ1n) is 8.42. The van der Waals surface area contributed by atoms with Gasteiger partial charge in [0.25, 0.3) is 0 Å². The Kier molecular flexibility index (Phi) is 3.95. The van der Waals surface area contributed by atoms with Crippen molar-refractivity contribution in [3.05, 3.63) is 114 Å². The molecular formula is C23H19NO. The van der Waals surface area contributed by atoms with Crippen LogP contribution < -0.4 is 0 Å². The standard InChI is InChI=1S/C23H19NO/c1-23(19-13-7-3-8-14-19,20-15-9-4-10-16-20)22-17-21(25-24-22)18-11-5-2-6-12-18/h2-17H,1H3. The molecule has 1 aromatic heterocycles. The molecule has 0 bridgehead atoms. The molecule has 0 saturated heterocycles. The summed E-state index contributed by atoms with van der Waals surface area (Å²) in [7, 11) is 0.